The van der Waals surface area contributed by atoms with Crippen LogP contribution in [0.2, 0.25) is 0 Å². The molecule has 0 radical (unpaired) electrons. The second-order valence-electron chi connectivity index (χ2n) is 5.46. The number of nitrogens with zero attached hydrogens (tertiary/aromatic N) is 4. The normalized spacial score (nSPS) is 11.3. The van der Waals surface area contributed by atoms with Gasteiger partial charge in [0.15, 0.2) is 17.1 Å². The molecule has 0 unspecified atom stereocenters. The fourth-order valence-corrected chi connectivity index (χ4v) is 2.74. The predicted octanol–water partition coefficient (Wildman–Crippen LogP) is 2.97. The largest absolute Gasteiger partial charge is 0.493 e. The highest BCUT2D eigenvalue weighted by molar-refractivity contribution is 6.03. The number of H-pyrrole nitrogens is 1. The molecule has 0 aliphatic heterocycles. The van der Waals surface area contributed by atoms with Gasteiger partial charge in [-0.2, -0.15) is 10.1 Å². The van der Waals surface area contributed by atoms with Crippen LogP contribution in [0.4, 0.5) is 5.95 Å². The summed E-state index contributed by atoms with van der Waals surface area (Å²) in [5.41, 5.74) is 5.89. The van der Waals surface area contributed by atoms with Crippen LogP contribution in [-0.4, -0.2) is 40.6 Å². The molecule has 0 saturated carbocycles. The number of aromatic amines is 1. The number of fused-ring (bicyclic) bond motifs is 3. The number of aromatic nitrogens is 4. The number of ether oxygens (including phenoxy) is 2. The van der Waals surface area contributed by atoms with Gasteiger partial charge in [-0.3, -0.25) is 0 Å². The van der Waals surface area contributed by atoms with E-state index in [0.29, 0.717) is 23.1 Å². The Bertz CT molecular complexity index is 1110. The number of para-hydroxylation sites is 2. The van der Waals surface area contributed by atoms with E-state index in [2.05, 4.69) is 30.7 Å². The van der Waals surface area contributed by atoms with Crippen LogP contribution in [0.25, 0.3) is 22.1 Å². The predicted molar refractivity (Wildman–Crippen MR) is 100.0 cm³/mol. The molecule has 26 heavy (non-hydrogen) atoms. The summed E-state index contributed by atoms with van der Waals surface area (Å²) in [6.07, 6.45) is 1.61. The van der Waals surface area contributed by atoms with Crippen molar-refractivity contribution in [3.63, 3.8) is 0 Å². The minimum Gasteiger partial charge on any atom is -0.493 e. The molecule has 2 aromatic heterocycles. The standard InChI is InChI=1S/C18H16N6O2/c1-25-14-9-5-6-11(16(14)26-2)10-19-23-18-21-17-15(22-24-18)12-7-3-4-8-13(12)20-17/h3-10H,1-2H3,(H2,20,21,23,24). The Morgan fingerprint density at radius 2 is 1.92 bits per heavy atom. The summed E-state index contributed by atoms with van der Waals surface area (Å²) in [6, 6.07) is 13.4. The summed E-state index contributed by atoms with van der Waals surface area (Å²) in [5, 5.41) is 13.5. The Hall–Kier alpha value is -3.68. The van der Waals surface area contributed by atoms with Crippen molar-refractivity contribution in [1.82, 2.24) is 20.2 Å². The smallest absolute Gasteiger partial charge is 0.265 e. The average Bonchev–Trinajstić information content (AvgIpc) is 3.05. The summed E-state index contributed by atoms with van der Waals surface area (Å²) < 4.78 is 10.6. The minimum absolute atomic E-state index is 0.294. The second kappa shape index (κ2) is 6.67. The Morgan fingerprint density at radius 3 is 2.77 bits per heavy atom. The van der Waals surface area contributed by atoms with Gasteiger partial charge in [0.1, 0.15) is 5.52 Å². The van der Waals surface area contributed by atoms with E-state index >= 15 is 0 Å². The lowest BCUT2D eigenvalue weighted by Crippen LogP contribution is -2.00. The molecule has 0 spiro atoms. The molecule has 0 aliphatic rings. The Balaban J connectivity index is 1.60. The summed E-state index contributed by atoms with van der Waals surface area (Å²) in [6.45, 7) is 0. The molecule has 8 heteroatoms. The van der Waals surface area contributed by atoms with Crippen LogP contribution in [-0.2, 0) is 0 Å². The van der Waals surface area contributed by atoms with Gasteiger partial charge < -0.3 is 14.5 Å². The molecule has 0 bridgehead atoms. The van der Waals surface area contributed by atoms with Gasteiger partial charge in [-0.15, -0.1) is 10.2 Å². The second-order valence-corrected chi connectivity index (χ2v) is 5.46. The molecule has 4 aromatic rings. The minimum atomic E-state index is 0.294. The molecular formula is C18H16N6O2. The van der Waals surface area contributed by atoms with Gasteiger partial charge in [0.05, 0.1) is 20.4 Å². The van der Waals surface area contributed by atoms with Crippen molar-refractivity contribution in [1.29, 1.82) is 0 Å². The molecule has 8 nitrogen and oxygen atoms in total. The number of hydrogen-bond donors (Lipinski definition) is 2. The van der Waals surface area contributed by atoms with E-state index in [-0.39, 0.29) is 0 Å². The number of hydrazone groups is 1. The van der Waals surface area contributed by atoms with E-state index in [4.69, 9.17) is 9.47 Å². The van der Waals surface area contributed by atoms with Gasteiger partial charge in [0.25, 0.3) is 5.95 Å². The molecular weight excluding hydrogens is 332 g/mol. The molecule has 0 aliphatic carbocycles. The van der Waals surface area contributed by atoms with E-state index in [1.807, 2.05) is 42.5 Å². The maximum absolute atomic E-state index is 5.37. The maximum Gasteiger partial charge on any atom is 0.265 e. The third-order valence-electron chi connectivity index (χ3n) is 3.92. The SMILES string of the molecule is COc1cccc(C=NNc2nnc3c(n2)[nH]c2ccccc23)c1OC. The quantitative estimate of drug-likeness (QED) is 0.425. The van der Waals surface area contributed by atoms with Crippen LogP contribution in [0.3, 0.4) is 0 Å². The van der Waals surface area contributed by atoms with Gasteiger partial charge in [0.2, 0.25) is 0 Å². The van der Waals surface area contributed by atoms with Gasteiger partial charge in [0, 0.05) is 16.5 Å². The van der Waals surface area contributed by atoms with Gasteiger partial charge in [-0.1, -0.05) is 24.3 Å². The first kappa shape index (κ1) is 15.8. The molecule has 0 atom stereocenters. The lowest BCUT2D eigenvalue weighted by Gasteiger charge is -2.09. The van der Waals surface area contributed by atoms with Crippen molar-refractivity contribution < 1.29 is 9.47 Å². The first-order valence-corrected chi connectivity index (χ1v) is 7.91. The van der Waals surface area contributed by atoms with E-state index in [0.717, 1.165) is 22.0 Å². The lowest BCUT2D eigenvalue weighted by atomic mass is 10.2. The van der Waals surface area contributed by atoms with Gasteiger partial charge in [-0.05, 0) is 18.2 Å². The van der Waals surface area contributed by atoms with Crippen molar-refractivity contribution in [3.05, 3.63) is 48.0 Å². The van der Waals surface area contributed by atoms with Crippen LogP contribution in [0, 0.1) is 0 Å². The van der Waals surface area contributed by atoms with E-state index in [1.54, 1.807) is 20.4 Å². The number of hydrogen-bond acceptors (Lipinski definition) is 7. The number of methoxy groups -OCH3 is 2. The first-order chi connectivity index (χ1) is 12.8. The van der Waals surface area contributed by atoms with Gasteiger partial charge in [-0.25, -0.2) is 5.43 Å². The van der Waals surface area contributed by atoms with E-state index < -0.39 is 0 Å². The molecule has 2 N–H and O–H groups in total. The Morgan fingerprint density at radius 1 is 1.04 bits per heavy atom. The van der Waals surface area contributed by atoms with Crippen LogP contribution >= 0.6 is 0 Å². The summed E-state index contributed by atoms with van der Waals surface area (Å²) >= 11 is 0. The zero-order chi connectivity index (χ0) is 17.9. The Labute approximate surface area is 148 Å². The number of anilines is 1. The molecule has 4 rings (SSSR count). The number of benzene rings is 2. The van der Waals surface area contributed by atoms with Crippen LogP contribution < -0.4 is 14.9 Å². The molecule has 2 heterocycles. The fourth-order valence-electron chi connectivity index (χ4n) is 2.74. The van der Waals surface area contributed by atoms with E-state index in [9.17, 15) is 0 Å². The van der Waals surface area contributed by atoms with Crippen LogP contribution in [0.5, 0.6) is 11.5 Å². The third kappa shape index (κ3) is 2.77. The summed E-state index contributed by atoms with van der Waals surface area (Å²) in [4.78, 5) is 7.63. The Kier molecular flexibility index (Phi) is 4.06. The topological polar surface area (TPSA) is 97.3 Å². The summed E-state index contributed by atoms with van der Waals surface area (Å²) in [5.74, 6) is 1.53. The lowest BCUT2D eigenvalue weighted by molar-refractivity contribution is 0.354. The highest BCUT2D eigenvalue weighted by Crippen LogP contribution is 2.29. The zero-order valence-corrected chi connectivity index (χ0v) is 14.2. The maximum atomic E-state index is 5.37. The van der Waals surface area contributed by atoms with E-state index in [1.165, 1.54) is 0 Å². The van der Waals surface area contributed by atoms with Crippen molar-refractivity contribution >= 4 is 34.2 Å². The monoisotopic (exact) mass is 348 g/mol. The van der Waals surface area contributed by atoms with Crippen LogP contribution in [0.1, 0.15) is 5.56 Å². The zero-order valence-electron chi connectivity index (χ0n) is 14.2. The van der Waals surface area contributed by atoms with Gasteiger partial charge >= 0.3 is 0 Å². The van der Waals surface area contributed by atoms with Crippen molar-refractivity contribution in [3.8, 4) is 11.5 Å². The molecule has 0 saturated heterocycles. The van der Waals surface area contributed by atoms with Crippen molar-refractivity contribution in [2.24, 2.45) is 5.10 Å². The number of rotatable bonds is 5. The van der Waals surface area contributed by atoms with Crippen LogP contribution in [0.15, 0.2) is 47.6 Å². The molecule has 0 fully saturated rings. The number of nitrogens with one attached hydrogen (secondary N) is 2. The fraction of sp³-hybridized carbons (Fsp3) is 0.111. The van der Waals surface area contributed by atoms with Crippen molar-refractivity contribution in [2.75, 3.05) is 19.6 Å². The average molecular weight is 348 g/mol. The first-order valence-electron chi connectivity index (χ1n) is 7.91. The summed E-state index contributed by atoms with van der Waals surface area (Å²) in [7, 11) is 3.17. The highest BCUT2D eigenvalue weighted by atomic mass is 16.5. The van der Waals surface area contributed by atoms with Crippen molar-refractivity contribution in [2.45, 2.75) is 0 Å². The molecule has 130 valence electrons. The highest BCUT2D eigenvalue weighted by Gasteiger charge is 2.09. The molecule has 0 amide bonds. The third-order valence-corrected chi connectivity index (χ3v) is 3.92. The molecule has 2 aromatic carbocycles.